The fourth-order valence-electron chi connectivity index (χ4n) is 3.34. The molecule has 1 aliphatic rings. The van der Waals surface area contributed by atoms with Crippen LogP contribution in [0.15, 0.2) is 24.3 Å². The summed E-state index contributed by atoms with van der Waals surface area (Å²) in [6.07, 6.45) is 6.56. The average molecular weight is 275 g/mol. The molecule has 1 N–H and O–H groups in total. The molecule has 1 aliphatic heterocycles. The molecule has 0 fully saturated rings. The van der Waals surface area contributed by atoms with E-state index in [9.17, 15) is 0 Å². The van der Waals surface area contributed by atoms with E-state index in [-0.39, 0.29) is 0 Å². The summed E-state index contributed by atoms with van der Waals surface area (Å²) < 4.78 is 5.85. The Kier molecular flexibility index (Phi) is 5.90. The highest BCUT2D eigenvalue weighted by Crippen LogP contribution is 2.37. The van der Waals surface area contributed by atoms with E-state index >= 15 is 0 Å². The number of unbranched alkanes of at least 4 members (excludes halogenated alkanes) is 1. The van der Waals surface area contributed by atoms with Crippen molar-refractivity contribution in [2.24, 2.45) is 5.92 Å². The summed E-state index contributed by atoms with van der Waals surface area (Å²) in [4.78, 5) is 0. The van der Waals surface area contributed by atoms with Crippen LogP contribution in [0.1, 0.15) is 57.4 Å². The van der Waals surface area contributed by atoms with Crippen LogP contribution in [0.3, 0.4) is 0 Å². The van der Waals surface area contributed by atoms with Crippen LogP contribution >= 0.6 is 0 Å². The van der Waals surface area contributed by atoms with Gasteiger partial charge in [-0.25, -0.2) is 0 Å². The van der Waals surface area contributed by atoms with Gasteiger partial charge in [-0.3, -0.25) is 0 Å². The van der Waals surface area contributed by atoms with Crippen LogP contribution in [0.5, 0.6) is 5.75 Å². The van der Waals surface area contributed by atoms with E-state index in [1.54, 1.807) is 0 Å². The Bertz CT molecular complexity index is 404. The van der Waals surface area contributed by atoms with Crippen LogP contribution in [-0.4, -0.2) is 19.7 Å². The number of para-hydroxylation sites is 1. The maximum absolute atomic E-state index is 5.85. The van der Waals surface area contributed by atoms with Crippen LogP contribution in [0.25, 0.3) is 0 Å². The molecular formula is C18H29NO. The molecule has 0 aromatic heterocycles. The lowest BCUT2D eigenvalue weighted by atomic mass is 9.84. The average Bonchev–Trinajstić information content (AvgIpc) is 2.92. The maximum Gasteiger partial charge on any atom is 0.122 e. The van der Waals surface area contributed by atoms with Crippen molar-refractivity contribution in [3.8, 4) is 5.75 Å². The van der Waals surface area contributed by atoms with Crippen LogP contribution in [0, 0.1) is 5.92 Å². The highest BCUT2D eigenvalue weighted by Gasteiger charge is 2.31. The van der Waals surface area contributed by atoms with E-state index in [1.807, 2.05) is 0 Å². The first-order valence-electron chi connectivity index (χ1n) is 8.19. The largest absolute Gasteiger partial charge is 0.493 e. The highest BCUT2D eigenvalue weighted by atomic mass is 16.5. The number of ether oxygens (including phenoxy) is 1. The number of benzene rings is 1. The Morgan fingerprint density at radius 3 is 2.80 bits per heavy atom. The molecule has 0 spiro atoms. The summed E-state index contributed by atoms with van der Waals surface area (Å²) in [5.41, 5.74) is 1.39. The number of rotatable bonds is 8. The van der Waals surface area contributed by atoms with Crippen molar-refractivity contribution in [1.29, 1.82) is 0 Å². The summed E-state index contributed by atoms with van der Waals surface area (Å²) in [6.45, 7) is 5.44. The van der Waals surface area contributed by atoms with Crippen molar-refractivity contribution in [1.82, 2.24) is 5.32 Å². The van der Waals surface area contributed by atoms with Crippen LogP contribution < -0.4 is 10.1 Å². The predicted molar refractivity (Wildman–Crippen MR) is 85.4 cm³/mol. The maximum atomic E-state index is 5.85. The van der Waals surface area contributed by atoms with Gasteiger partial charge in [-0.2, -0.15) is 0 Å². The van der Waals surface area contributed by atoms with Gasteiger partial charge in [0.05, 0.1) is 6.61 Å². The van der Waals surface area contributed by atoms with Crippen LogP contribution in [0.4, 0.5) is 0 Å². The van der Waals surface area contributed by atoms with Gasteiger partial charge >= 0.3 is 0 Å². The van der Waals surface area contributed by atoms with Crippen molar-refractivity contribution in [2.45, 2.75) is 57.9 Å². The predicted octanol–water partition coefficient (Wildman–Crippen LogP) is 4.36. The van der Waals surface area contributed by atoms with Gasteiger partial charge in [0.1, 0.15) is 5.75 Å². The number of hydrogen-bond donors (Lipinski definition) is 1. The fraction of sp³-hybridized carbons (Fsp3) is 0.667. The molecule has 1 aromatic rings. The van der Waals surface area contributed by atoms with Gasteiger partial charge in [-0.15, -0.1) is 0 Å². The van der Waals surface area contributed by atoms with Gasteiger partial charge in [0.15, 0.2) is 0 Å². The summed E-state index contributed by atoms with van der Waals surface area (Å²) in [6, 6.07) is 9.04. The molecule has 2 rings (SSSR count). The van der Waals surface area contributed by atoms with Crippen LogP contribution in [-0.2, 0) is 0 Å². The SMILES string of the molecule is CCCCC(CC)CC(NC)C1COc2ccccc21. The molecule has 20 heavy (non-hydrogen) atoms. The summed E-state index contributed by atoms with van der Waals surface area (Å²) in [7, 11) is 2.10. The first kappa shape index (κ1) is 15.4. The van der Waals surface area contributed by atoms with E-state index in [0.717, 1.165) is 18.3 Å². The quantitative estimate of drug-likeness (QED) is 0.761. The molecule has 3 unspecified atom stereocenters. The lowest BCUT2D eigenvalue weighted by molar-refractivity contribution is 0.272. The van der Waals surface area contributed by atoms with E-state index in [4.69, 9.17) is 4.74 Å². The Morgan fingerprint density at radius 1 is 1.30 bits per heavy atom. The topological polar surface area (TPSA) is 21.3 Å². The van der Waals surface area contributed by atoms with Gasteiger partial charge in [-0.1, -0.05) is 57.7 Å². The van der Waals surface area contributed by atoms with Crippen molar-refractivity contribution in [2.75, 3.05) is 13.7 Å². The number of hydrogen-bond acceptors (Lipinski definition) is 2. The molecule has 0 amide bonds. The van der Waals surface area contributed by atoms with Crippen molar-refractivity contribution in [3.05, 3.63) is 29.8 Å². The smallest absolute Gasteiger partial charge is 0.122 e. The fourth-order valence-corrected chi connectivity index (χ4v) is 3.34. The van der Waals surface area contributed by atoms with Gasteiger partial charge in [-0.05, 0) is 25.5 Å². The zero-order chi connectivity index (χ0) is 14.4. The Hall–Kier alpha value is -1.02. The lowest BCUT2D eigenvalue weighted by Crippen LogP contribution is -2.35. The molecule has 0 bridgehead atoms. The summed E-state index contributed by atoms with van der Waals surface area (Å²) in [5, 5.41) is 3.55. The minimum Gasteiger partial charge on any atom is -0.493 e. The third-order valence-corrected chi connectivity index (χ3v) is 4.72. The second kappa shape index (κ2) is 7.68. The molecule has 0 radical (unpaired) electrons. The molecule has 0 saturated carbocycles. The molecule has 112 valence electrons. The van der Waals surface area contributed by atoms with E-state index in [1.165, 1.54) is 37.7 Å². The molecule has 1 aromatic carbocycles. The Morgan fingerprint density at radius 2 is 2.10 bits per heavy atom. The number of fused-ring (bicyclic) bond motifs is 1. The van der Waals surface area contributed by atoms with Crippen molar-refractivity contribution in [3.63, 3.8) is 0 Å². The molecule has 0 aliphatic carbocycles. The van der Waals surface area contributed by atoms with Crippen molar-refractivity contribution >= 4 is 0 Å². The Labute approximate surface area is 123 Å². The van der Waals surface area contributed by atoms with E-state index < -0.39 is 0 Å². The molecular weight excluding hydrogens is 246 g/mol. The zero-order valence-electron chi connectivity index (χ0n) is 13.2. The van der Waals surface area contributed by atoms with E-state index in [0.29, 0.717) is 12.0 Å². The van der Waals surface area contributed by atoms with Gasteiger partial charge in [0, 0.05) is 17.5 Å². The normalized spacial score (nSPS) is 20.2. The monoisotopic (exact) mass is 275 g/mol. The van der Waals surface area contributed by atoms with Crippen molar-refractivity contribution < 1.29 is 4.74 Å². The number of likely N-dealkylation sites (N-methyl/N-ethyl adjacent to an activating group) is 1. The Balaban J connectivity index is 2.02. The first-order chi connectivity index (χ1) is 9.80. The molecule has 3 atom stereocenters. The van der Waals surface area contributed by atoms with Crippen LogP contribution in [0.2, 0.25) is 0 Å². The minimum atomic E-state index is 0.506. The summed E-state index contributed by atoms with van der Waals surface area (Å²) >= 11 is 0. The third kappa shape index (κ3) is 3.54. The number of nitrogens with one attached hydrogen (secondary N) is 1. The molecule has 2 heteroatoms. The van der Waals surface area contributed by atoms with Gasteiger partial charge in [0.2, 0.25) is 0 Å². The molecule has 1 heterocycles. The second-order valence-corrected chi connectivity index (χ2v) is 6.00. The van der Waals surface area contributed by atoms with E-state index in [2.05, 4.69) is 50.5 Å². The first-order valence-corrected chi connectivity index (χ1v) is 8.19. The summed E-state index contributed by atoms with van der Waals surface area (Å²) in [5.74, 6) is 2.42. The lowest BCUT2D eigenvalue weighted by Gasteiger charge is -2.26. The zero-order valence-corrected chi connectivity index (χ0v) is 13.2. The highest BCUT2D eigenvalue weighted by molar-refractivity contribution is 5.40. The standard InChI is InChI=1S/C18H29NO/c1-4-6-9-14(5-2)12-17(19-3)16-13-20-18-11-8-7-10-15(16)18/h7-8,10-11,14,16-17,19H,4-6,9,12-13H2,1-3H3. The van der Waals surface area contributed by atoms with Gasteiger partial charge in [0.25, 0.3) is 0 Å². The molecule has 0 saturated heterocycles. The molecule has 2 nitrogen and oxygen atoms in total. The minimum absolute atomic E-state index is 0.506. The second-order valence-electron chi connectivity index (χ2n) is 6.00. The van der Waals surface area contributed by atoms with Gasteiger partial charge < -0.3 is 10.1 Å². The third-order valence-electron chi connectivity index (χ3n) is 4.72.